The molecule has 7 nitrogen and oxygen atoms in total. The number of nitrogens with one attached hydrogen (secondary N) is 2. The van der Waals surface area contributed by atoms with Gasteiger partial charge < -0.3 is 15.4 Å². The predicted octanol–water partition coefficient (Wildman–Crippen LogP) is 2.53. The lowest BCUT2D eigenvalue weighted by Gasteiger charge is -2.24. The van der Waals surface area contributed by atoms with Crippen LogP contribution < -0.4 is 10.6 Å². The molecule has 0 aliphatic carbocycles. The summed E-state index contributed by atoms with van der Waals surface area (Å²) in [5.41, 5.74) is -0.279. The molecular weight excluding hydrogens is 499 g/mol. The molecule has 2 N–H and O–H groups in total. The number of rotatable bonds is 10. The summed E-state index contributed by atoms with van der Waals surface area (Å²) in [4.78, 5) is 5.21. The number of aliphatic imine (C=N–C) groups is 1. The second-order valence-electron chi connectivity index (χ2n) is 6.38. The van der Waals surface area contributed by atoms with Gasteiger partial charge in [-0.2, -0.15) is 4.31 Å². The molecule has 0 unspecified atom stereocenters. The summed E-state index contributed by atoms with van der Waals surface area (Å²) in [6, 6.07) is 3.58. The first-order chi connectivity index (χ1) is 12.2. The van der Waals surface area contributed by atoms with Crippen molar-refractivity contribution in [3.63, 3.8) is 0 Å². The van der Waals surface area contributed by atoms with Crippen LogP contribution in [0, 0.1) is 0 Å². The van der Waals surface area contributed by atoms with E-state index < -0.39 is 10.0 Å². The molecule has 0 fully saturated rings. The van der Waals surface area contributed by atoms with Crippen LogP contribution in [0.25, 0.3) is 0 Å². The van der Waals surface area contributed by atoms with Crippen molar-refractivity contribution in [2.24, 2.45) is 4.99 Å². The number of thiophene rings is 1. The Morgan fingerprint density at radius 1 is 1.26 bits per heavy atom. The van der Waals surface area contributed by atoms with E-state index in [4.69, 9.17) is 4.74 Å². The highest BCUT2D eigenvalue weighted by atomic mass is 127. The van der Waals surface area contributed by atoms with E-state index in [2.05, 4.69) is 15.6 Å². The van der Waals surface area contributed by atoms with Crippen LogP contribution in [0.2, 0.25) is 0 Å². The summed E-state index contributed by atoms with van der Waals surface area (Å²) < 4.78 is 32.3. The van der Waals surface area contributed by atoms with Crippen LogP contribution in [0.15, 0.2) is 21.3 Å². The molecule has 1 heterocycles. The molecule has 0 aromatic carbocycles. The summed E-state index contributed by atoms with van der Waals surface area (Å²) in [6.07, 6.45) is 0.729. The number of halogens is 1. The molecule has 1 aromatic heterocycles. The van der Waals surface area contributed by atoms with Gasteiger partial charge in [-0.1, -0.05) is 13.8 Å². The Balaban J connectivity index is 0.00000676. The van der Waals surface area contributed by atoms with Gasteiger partial charge in [-0.15, -0.1) is 35.3 Å². The summed E-state index contributed by atoms with van der Waals surface area (Å²) in [7, 11) is 0.0235. The Bertz CT molecular complexity index is 686. The number of guanidine groups is 1. The normalized spacial score (nSPS) is 12.8. The van der Waals surface area contributed by atoms with Gasteiger partial charge in [-0.3, -0.25) is 4.99 Å². The lowest BCUT2D eigenvalue weighted by atomic mass is 10.1. The van der Waals surface area contributed by atoms with Gasteiger partial charge >= 0.3 is 0 Å². The van der Waals surface area contributed by atoms with Gasteiger partial charge in [0.15, 0.2) is 5.96 Å². The van der Waals surface area contributed by atoms with Gasteiger partial charge in [0.2, 0.25) is 0 Å². The molecule has 0 atom stereocenters. The third-order valence-electron chi connectivity index (χ3n) is 4.06. The van der Waals surface area contributed by atoms with Gasteiger partial charge in [0, 0.05) is 45.2 Å². The van der Waals surface area contributed by atoms with Crippen LogP contribution in [0.1, 0.15) is 32.6 Å². The minimum atomic E-state index is -3.37. The molecule has 1 aromatic rings. The standard InChI is InChI=1S/C17H32N4O3S2.HI/c1-7-21(8-2)26(22,23)15-10-9-14(25-15)11-12-19-16(18-5)20-13-17(3,4)24-6;/h9-10H,7-8,11-13H2,1-6H3,(H2,18,19,20);1H. The monoisotopic (exact) mass is 532 g/mol. The average molecular weight is 533 g/mol. The summed E-state index contributed by atoms with van der Waals surface area (Å²) >= 11 is 1.33. The molecule has 0 amide bonds. The first-order valence-electron chi connectivity index (χ1n) is 8.78. The quantitative estimate of drug-likeness (QED) is 0.275. The maximum absolute atomic E-state index is 12.5. The predicted molar refractivity (Wildman–Crippen MR) is 124 cm³/mol. The van der Waals surface area contributed by atoms with Crippen molar-refractivity contribution in [1.29, 1.82) is 0 Å². The molecule has 0 aliphatic rings. The van der Waals surface area contributed by atoms with Crippen molar-refractivity contribution in [2.45, 2.75) is 43.9 Å². The van der Waals surface area contributed by atoms with Crippen molar-refractivity contribution in [3.8, 4) is 0 Å². The van der Waals surface area contributed by atoms with Crippen molar-refractivity contribution in [2.75, 3.05) is 40.3 Å². The summed E-state index contributed by atoms with van der Waals surface area (Å²) in [5.74, 6) is 0.697. The molecule has 0 bridgehead atoms. The fourth-order valence-electron chi connectivity index (χ4n) is 2.22. The number of nitrogens with zero attached hydrogens (tertiary/aromatic N) is 2. The van der Waals surface area contributed by atoms with Crippen LogP contribution >= 0.6 is 35.3 Å². The Hall–Kier alpha value is -0.430. The van der Waals surface area contributed by atoms with E-state index in [-0.39, 0.29) is 29.6 Å². The Kier molecular flexibility index (Phi) is 12.0. The molecule has 0 radical (unpaired) electrons. The third kappa shape index (κ3) is 8.22. The molecule has 0 aliphatic heterocycles. The van der Waals surface area contributed by atoms with Crippen LogP contribution in [0.4, 0.5) is 0 Å². The fourth-order valence-corrected chi connectivity index (χ4v) is 5.18. The van der Waals surface area contributed by atoms with Crippen LogP contribution in [0.5, 0.6) is 0 Å². The van der Waals surface area contributed by atoms with Crippen LogP contribution in [-0.2, 0) is 21.2 Å². The number of sulfonamides is 1. The minimum Gasteiger partial charge on any atom is -0.377 e. The number of hydrogen-bond donors (Lipinski definition) is 2. The van der Waals surface area contributed by atoms with E-state index in [0.29, 0.717) is 36.3 Å². The van der Waals surface area contributed by atoms with Gasteiger partial charge in [0.05, 0.1) is 5.60 Å². The second kappa shape index (κ2) is 12.2. The summed E-state index contributed by atoms with van der Waals surface area (Å²) in [6.45, 7) is 9.95. The lowest BCUT2D eigenvalue weighted by molar-refractivity contribution is 0.0268. The zero-order valence-electron chi connectivity index (χ0n) is 17.0. The van der Waals surface area contributed by atoms with Crippen molar-refractivity contribution >= 4 is 51.3 Å². The molecule has 27 heavy (non-hydrogen) atoms. The van der Waals surface area contributed by atoms with E-state index in [1.165, 1.54) is 15.6 Å². The highest BCUT2D eigenvalue weighted by Crippen LogP contribution is 2.25. The van der Waals surface area contributed by atoms with E-state index in [9.17, 15) is 8.42 Å². The number of hydrogen-bond acceptors (Lipinski definition) is 5. The Morgan fingerprint density at radius 2 is 1.89 bits per heavy atom. The number of methoxy groups -OCH3 is 1. The lowest BCUT2D eigenvalue weighted by Crippen LogP contribution is -2.45. The average Bonchev–Trinajstić information content (AvgIpc) is 3.08. The van der Waals surface area contributed by atoms with E-state index in [1.54, 1.807) is 20.2 Å². The van der Waals surface area contributed by atoms with Gasteiger partial charge in [-0.25, -0.2) is 8.42 Å². The Labute approximate surface area is 185 Å². The topological polar surface area (TPSA) is 83.0 Å². The minimum absolute atomic E-state index is 0. The van der Waals surface area contributed by atoms with E-state index in [0.717, 1.165) is 11.3 Å². The van der Waals surface area contributed by atoms with Crippen LogP contribution in [-0.4, -0.2) is 64.6 Å². The third-order valence-corrected chi connectivity index (χ3v) is 7.72. The highest BCUT2D eigenvalue weighted by molar-refractivity contribution is 14.0. The molecule has 0 saturated carbocycles. The first kappa shape index (κ1) is 26.6. The zero-order valence-corrected chi connectivity index (χ0v) is 21.0. The first-order valence-corrected chi connectivity index (χ1v) is 11.0. The van der Waals surface area contributed by atoms with Crippen molar-refractivity contribution in [3.05, 3.63) is 17.0 Å². The summed E-state index contributed by atoms with van der Waals surface area (Å²) in [5, 5.41) is 6.46. The van der Waals surface area contributed by atoms with Crippen LogP contribution in [0.3, 0.4) is 0 Å². The maximum Gasteiger partial charge on any atom is 0.252 e. The van der Waals surface area contributed by atoms with Gasteiger partial charge in [0.1, 0.15) is 4.21 Å². The van der Waals surface area contributed by atoms with E-state index in [1.807, 2.05) is 33.8 Å². The molecule has 1 rings (SSSR count). The highest BCUT2D eigenvalue weighted by Gasteiger charge is 2.23. The Morgan fingerprint density at radius 3 is 2.41 bits per heavy atom. The maximum atomic E-state index is 12.5. The van der Waals surface area contributed by atoms with Gasteiger partial charge in [0.25, 0.3) is 10.0 Å². The SMILES string of the molecule is CCN(CC)S(=O)(=O)c1ccc(CCNC(=NC)NCC(C)(C)OC)s1.I. The second-order valence-corrected chi connectivity index (χ2v) is 9.71. The van der Waals surface area contributed by atoms with Gasteiger partial charge in [-0.05, 0) is 32.4 Å². The molecule has 158 valence electrons. The zero-order chi connectivity index (χ0) is 19.8. The molecule has 0 spiro atoms. The number of ether oxygens (including phenoxy) is 1. The van der Waals surface area contributed by atoms with E-state index >= 15 is 0 Å². The smallest absolute Gasteiger partial charge is 0.252 e. The fraction of sp³-hybridized carbons (Fsp3) is 0.706. The van der Waals surface area contributed by atoms with Crippen molar-refractivity contribution in [1.82, 2.24) is 14.9 Å². The molecular formula is C17H33IN4O3S2. The molecule has 10 heteroatoms. The molecule has 0 saturated heterocycles. The van der Waals surface area contributed by atoms with Crippen molar-refractivity contribution < 1.29 is 13.2 Å². The largest absolute Gasteiger partial charge is 0.377 e.